The number of hydrogen-bond acceptors (Lipinski definition) is 0. The van der Waals surface area contributed by atoms with E-state index in [0.29, 0.717) is 0 Å². The lowest BCUT2D eigenvalue weighted by atomic mass is 9.73. The van der Waals surface area contributed by atoms with Crippen molar-refractivity contribution in [3.05, 3.63) is 241 Å². The topological polar surface area (TPSA) is 0 Å². The summed E-state index contributed by atoms with van der Waals surface area (Å²) < 4.78 is 4.77. The molecule has 8 aromatic rings. The van der Waals surface area contributed by atoms with Crippen LogP contribution in [0.4, 0.5) is 0 Å². The SMILES string of the molecule is Cc1ccc(-c2cc(CC3(C)c4ccccc4-c4cc(-c5ccc(C)c(CC6(C)c7ccccc7-c7c(C8=CC=IC=C8)cccc76)c5)ccc43)c3c(c2)C(C)(C)c2ccccc2-3)cc1. The molecule has 0 N–H and O–H groups in total. The number of hydrogen-bond donors (Lipinski definition) is 0. The molecule has 0 aromatic heterocycles. The second-order valence-electron chi connectivity index (χ2n) is 20.0. The van der Waals surface area contributed by atoms with Crippen LogP contribution in [0, 0.1) is 13.8 Å². The molecule has 1 heterocycles. The van der Waals surface area contributed by atoms with Gasteiger partial charge in [0.05, 0.1) is 0 Å². The second kappa shape index (κ2) is 14.9. The highest BCUT2D eigenvalue weighted by Gasteiger charge is 2.44. The fourth-order valence-corrected chi connectivity index (χ4v) is 13.7. The van der Waals surface area contributed by atoms with E-state index in [-0.39, 0.29) is 37.0 Å². The number of rotatable bonds is 7. The Hall–Kier alpha value is -6.16. The predicted molar refractivity (Wildman–Crippen MR) is 286 cm³/mol. The summed E-state index contributed by atoms with van der Waals surface area (Å²) in [6.07, 6.45) is 6.54. The summed E-state index contributed by atoms with van der Waals surface area (Å²) in [5, 5.41) is 0. The quantitative estimate of drug-likeness (QED) is 0.140. The van der Waals surface area contributed by atoms with Crippen LogP contribution < -0.4 is 0 Å². The van der Waals surface area contributed by atoms with Crippen LogP contribution in [0.25, 0.3) is 61.2 Å². The van der Waals surface area contributed by atoms with Gasteiger partial charge in [0, 0.05) is 16.2 Å². The van der Waals surface area contributed by atoms with E-state index < -0.39 is 0 Å². The summed E-state index contributed by atoms with van der Waals surface area (Å²) in [4.78, 5) is 0. The average Bonchev–Trinajstić information content (AvgIpc) is 3.84. The highest BCUT2D eigenvalue weighted by molar-refractivity contribution is 14.2. The van der Waals surface area contributed by atoms with Gasteiger partial charge in [-0.1, -0.05) is 206 Å². The minimum absolute atomic E-state index is 0.0210. The Morgan fingerprint density at radius 2 is 0.985 bits per heavy atom. The molecule has 4 aliphatic rings. The Kier molecular flexibility index (Phi) is 9.28. The van der Waals surface area contributed by atoms with Gasteiger partial charge in [-0.15, -0.1) is 0 Å². The van der Waals surface area contributed by atoms with Gasteiger partial charge in [-0.3, -0.25) is 0 Å². The van der Waals surface area contributed by atoms with Crippen molar-refractivity contribution < 1.29 is 0 Å². The maximum atomic E-state index is 2.52. The fourth-order valence-electron chi connectivity index (χ4n) is 12.3. The summed E-state index contributed by atoms with van der Waals surface area (Å²) in [6.45, 7) is 14.3. The molecule has 0 saturated carbocycles. The minimum atomic E-state index is -0.218. The Labute approximate surface area is 395 Å². The van der Waals surface area contributed by atoms with Crippen LogP contribution in [-0.4, -0.2) is 4.01 Å². The van der Waals surface area contributed by atoms with Crippen molar-refractivity contribution >= 4 is 30.3 Å². The molecule has 2 unspecified atom stereocenters. The zero-order valence-electron chi connectivity index (χ0n) is 38.2. The highest BCUT2D eigenvalue weighted by Crippen LogP contribution is 2.57. The molecule has 0 spiro atoms. The van der Waals surface area contributed by atoms with Crippen molar-refractivity contribution in [2.45, 2.75) is 70.6 Å². The van der Waals surface area contributed by atoms with Crippen LogP contribution in [0.2, 0.25) is 0 Å². The molecule has 2 atom stereocenters. The third-order valence-corrected chi connectivity index (χ3v) is 17.3. The standard InChI is InChI=1S/C64H53I/c1-40-22-25-42(26-23-40)46-35-48(60-51-15-8-10-18-54(51)62(3,4)59(60)37-46)39-63(5)55-19-11-7-14-50(55)53-36-45(28-29-57(53)63)44-27-24-41(2)47(34-44)38-64(6)56-20-12-9-16-52(56)61-49(17-13-21-58(61)64)43-30-32-65-33-31-43/h7-37H,38-39H2,1-6H3. The summed E-state index contributed by atoms with van der Waals surface area (Å²) in [5.41, 5.74) is 29.7. The molecule has 3 aliphatic carbocycles. The van der Waals surface area contributed by atoms with E-state index in [4.69, 9.17) is 0 Å². The maximum absolute atomic E-state index is 2.52. The molecular weight excluding hydrogens is 896 g/mol. The lowest BCUT2D eigenvalue weighted by molar-refractivity contribution is 0.581. The summed E-state index contributed by atoms with van der Waals surface area (Å²) in [7, 11) is 0. The van der Waals surface area contributed by atoms with Crippen molar-refractivity contribution in [2.75, 3.05) is 0 Å². The van der Waals surface area contributed by atoms with Gasteiger partial charge in [0.15, 0.2) is 0 Å². The monoisotopic (exact) mass is 948 g/mol. The molecule has 0 radical (unpaired) electrons. The first-order valence-corrected chi connectivity index (χ1v) is 25.8. The Balaban J connectivity index is 0.949. The number of halogens is 1. The number of fused-ring (bicyclic) bond motifs is 9. The molecule has 0 saturated heterocycles. The van der Waals surface area contributed by atoms with Crippen LogP contribution in [0.1, 0.15) is 88.9 Å². The molecule has 316 valence electrons. The number of benzene rings is 8. The van der Waals surface area contributed by atoms with Crippen LogP contribution in [0.3, 0.4) is 0 Å². The zero-order chi connectivity index (χ0) is 44.2. The first-order valence-electron chi connectivity index (χ1n) is 23.3. The van der Waals surface area contributed by atoms with E-state index in [1.165, 1.54) is 122 Å². The fraction of sp³-hybridized carbons (Fsp3) is 0.172. The Morgan fingerprint density at radius 3 is 1.74 bits per heavy atom. The van der Waals surface area contributed by atoms with Crippen molar-refractivity contribution in [1.82, 2.24) is 0 Å². The van der Waals surface area contributed by atoms with E-state index >= 15 is 0 Å². The third kappa shape index (κ3) is 6.18. The van der Waals surface area contributed by atoms with Crippen LogP contribution in [-0.2, 0) is 29.1 Å². The molecule has 1 aliphatic heterocycles. The minimum Gasteiger partial charge on any atom is -0.0937 e. The zero-order valence-corrected chi connectivity index (χ0v) is 40.3. The third-order valence-electron chi connectivity index (χ3n) is 15.7. The maximum Gasteiger partial charge on any atom is 0.0227 e. The lowest BCUT2D eigenvalue weighted by Gasteiger charge is -2.30. The Bertz CT molecular complexity index is 3390. The molecule has 0 amide bonds. The molecule has 1 heteroatoms. The molecule has 65 heavy (non-hydrogen) atoms. The van der Waals surface area contributed by atoms with Gasteiger partial charge in [-0.25, -0.2) is 0 Å². The lowest BCUT2D eigenvalue weighted by Crippen LogP contribution is -2.24. The Morgan fingerprint density at radius 1 is 0.415 bits per heavy atom. The normalized spacial score (nSPS) is 19.1. The average molecular weight is 949 g/mol. The van der Waals surface area contributed by atoms with Gasteiger partial charge in [0.2, 0.25) is 0 Å². The molecule has 0 bridgehead atoms. The predicted octanol–water partition coefficient (Wildman–Crippen LogP) is 16.7. The molecule has 0 fully saturated rings. The van der Waals surface area contributed by atoms with E-state index in [0.717, 1.165) is 12.8 Å². The smallest absolute Gasteiger partial charge is 0.0227 e. The van der Waals surface area contributed by atoms with Crippen LogP contribution in [0.15, 0.2) is 180 Å². The van der Waals surface area contributed by atoms with Gasteiger partial charge >= 0.3 is 0 Å². The first-order chi connectivity index (χ1) is 31.5. The van der Waals surface area contributed by atoms with Gasteiger partial charge < -0.3 is 0 Å². The van der Waals surface area contributed by atoms with Gasteiger partial charge in [0.1, 0.15) is 0 Å². The van der Waals surface area contributed by atoms with E-state index in [1.807, 2.05) is 0 Å². The van der Waals surface area contributed by atoms with E-state index in [2.05, 4.69) is 226 Å². The van der Waals surface area contributed by atoms with Crippen molar-refractivity contribution in [3.63, 3.8) is 0 Å². The highest BCUT2D eigenvalue weighted by atomic mass is 127. The van der Waals surface area contributed by atoms with Crippen molar-refractivity contribution in [1.29, 1.82) is 0 Å². The van der Waals surface area contributed by atoms with E-state index in [9.17, 15) is 0 Å². The molecule has 0 nitrogen and oxygen atoms in total. The molecule has 12 rings (SSSR count). The summed E-state index contributed by atoms with van der Waals surface area (Å²) >= 11 is 0.0210. The summed E-state index contributed by atoms with van der Waals surface area (Å²) in [5.74, 6) is 0. The van der Waals surface area contributed by atoms with E-state index in [1.54, 1.807) is 0 Å². The molecule has 8 aromatic carbocycles. The number of aryl methyl sites for hydroxylation is 2. The second-order valence-corrected chi connectivity index (χ2v) is 22.2. The van der Waals surface area contributed by atoms with Gasteiger partial charge in [-0.2, -0.15) is 0 Å². The van der Waals surface area contributed by atoms with Gasteiger partial charge in [0.25, 0.3) is 0 Å². The first kappa shape index (κ1) is 40.4. The van der Waals surface area contributed by atoms with Crippen LogP contribution >= 0.6 is 20.7 Å². The number of allylic oxidation sites excluding steroid dienone is 3. The molecular formula is C64H53I. The van der Waals surface area contributed by atoms with Crippen molar-refractivity contribution in [3.8, 4) is 55.6 Å². The summed E-state index contributed by atoms with van der Waals surface area (Å²) in [6, 6.07) is 63.2. The largest absolute Gasteiger partial charge is 0.0937 e. The van der Waals surface area contributed by atoms with Crippen LogP contribution in [0.5, 0.6) is 0 Å². The van der Waals surface area contributed by atoms with Gasteiger partial charge in [-0.05, 0) is 176 Å². The van der Waals surface area contributed by atoms with Crippen molar-refractivity contribution in [2.24, 2.45) is 0 Å².